The number of aryl methyl sites for hydroxylation is 2. The number of hydrogen-bond donors (Lipinski definition) is 2. The lowest BCUT2D eigenvalue weighted by molar-refractivity contribution is 0.357. The predicted molar refractivity (Wildman–Crippen MR) is 104 cm³/mol. The summed E-state index contributed by atoms with van der Waals surface area (Å²) >= 11 is 1.78. The van der Waals surface area contributed by atoms with Gasteiger partial charge in [-0.25, -0.2) is 4.98 Å². The van der Waals surface area contributed by atoms with Gasteiger partial charge in [0.15, 0.2) is 5.96 Å². The number of aliphatic imine (C=N–C) groups is 1. The lowest BCUT2D eigenvalue weighted by Gasteiger charge is -2.12. The number of aromatic nitrogens is 1. The molecule has 0 unspecified atom stereocenters. The molecule has 3 rings (SSSR count). The van der Waals surface area contributed by atoms with Crippen LogP contribution in [0.2, 0.25) is 0 Å². The summed E-state index contributed by atoms with van der Waals surface area (Å²) in [5, 5.41) is 7.90. The molecule has 0 saturated heterocycles. The van der Waals surface area contributed by atoms with Crippen LogP contribution in [0.25, 0.3) is 0 Å². The van der Waals surface area contributed by atoms with Crippen LogP contribution in [0.5, 0.6) is 5.75 Å². The SMILES string of the molecule is CN=C(NCCc1ccc2c(c1)CCO2)NCCc1sc(C)nc1C. The van der Waals surface area contributed by atoms with E-state index in [0.29, 0.717) is 0 Å². The van der Waals surface area contributed by atoms with Crippen molar-refractivity contribution in [2.75, 3.05) is 26.7 Å². The lowest BCUT2D eigenvalue weighted by atomic mass is 10.1. The summed E-state index contributed by atoms with van der Waals surface area (Å²) in [6.07, 6.45) is 2.97. The van der Waals surface area contributed by atoms with Crippen LogP contribution in [0.3, 0.4) is 0 Å². The highest BCUT2D eigenvalue weighted by molar-refractivity contribution is 7.11. The highest BCUT2D eigenvalue weighted by Crippen LogP contribution is 2.25. The number of benzene rings is 1. The lowest BCUT2D eigenvalue weighted by Crippen LogP contribution is -2.39. The minimum absolute atomic E-state index is 0.812. The molecule has 0 radical (unpaired) electrons. The number of ether oxygens (including phenoxy) is 1. The Hall–Kier alpha value is -2.08. The van der Waals surface area contributed by atoms with E-state index in [2.05, 4.69) is 52.7 Å². The summed E-state index contributed by atoms with van der Waals surface area (Å²) in [5.74, 6) is 1.89. The topological polar surface area (TPSA) is 58.5 Å². The van der Waals surface area contributed by atoms with Crippen molar-refractivity contribution in [2.24, 2.45) is 4.99 Å². The van der Waals surface area contributed by atoms with Gasteiger partial charge >= 0.3 is 0 Å². The van der Waals surface area contributed by atoms with Crippen LogP contribution in [0, 0.1) is 13.8 Å². The Bertz CT molecular complexity index is 754. The van der Waals surface area contributed by atoms with Gasteiger partial charge in [0.2, 0.25) is 0 Å². The highest BCUT2D eigenvalue weighted by atomic mass is 32.1. The summed E-state index contributed by atoms with van der Waals surface area (Å²) in [6.45, 7) is 6.66. The van der Waals surface area contributed by atoms with Gasteiger partial charge in [0.25, 0.3) is 0 Å². The molecule has 2 aromatic rings. The van der Waals surface area contributed by atoms with Crippen LogP contribution >= 0.6 is 11.3 Å². The number of nitrogens with one attached hydrogen (secondary N) is 2. The third-order valence-electron chi connectivity index (χ3n) is 4.33. The second-order valence-corrected chi connectivity index (χ2v) is 7.50. The van der Waals surface area contributed by atoms with Crippen molar-refractivity contribution in [1.29, 1.82) is 0 Å². The van der Waals surface area contributed by atoms with Gasteiger partial charge in [-0.15, -0.1) is 11.3 Å². The fourth-order valence-electron chi connectivity index (χ4n) is 3.04. The Kier molecular flexibility index (Phi) is 5.91. The van der Waals surface area contributed by atoms with Gasteiger partial charge in [-0.3, -0.25) is 4.99 Å². The highest BCUT2D eigenvalue weighted by Gasteiger charge is 2.11. The van der Waals surface area contributed by atoms with Crippen molar-refractivity contribution >= 4 is 17.3 Å². The second kappa shape index (κ2) is 8.34. The summed E-state index contributed by atoms with van der Waals surface area (Å²) in [5.41, 5.74) is 3.81. The van der Waals surface area contributed by atoms with Gasteiger partial charge < -0.3 is 15.4 Å². The maximum absolute atomic E-state index is 5.56. The summed E-state index contributed by atoms with van der Waals surface area (Å²) in [6, 6.07) is 6.50. The molecule has 2 N–H and O–H groups in total. The molecule has 25 heavy (non-hydrogen) atoms. The van der Waals surface area contributed by atoms with Crippen LogP contribution in [-0.4, -0.2) is 37.7 Å². The quantitative estimate of drug-likeness (QED) is 0.616. The monoisotopic (exact) mass is 358 g/mol. The molecule has 0 saturated carbocycles. The first-order valence-corrected chi connectivity index (χ1v) is 9.59. The number of nitrogens with zero attached hydrogens (tertiary/aromatic N) is 2. The Morgan fingerprint density at radius 1 is 1.24 bits per heavy atom. The Morgan fingerprint density at radius 2 is 2.04 bits per heavy atom. The van der Waals surface area contributed by atoms with Crippen molar-refractivity contribution < 1.29 is 4.74 Å². The Morgan fingerprint density at radius 3 is 2.76 bits per heavy atom. The van der Waals surface area contributed by atoms with Crippen LogP contribution in [0.15, 0.2) is 23.2 Å². The van der Waals surface area contributed by atoms with E-state index >= 15 is 0 Å². The molecular formula is C19H26N4OS. The Balaban J connectivity index is 1.41. The molecule has 1 aliphatic rings. The zero-order valence-corrected chi connectivity index (χ0v) is 16.0. The van der Waals surface area contributed by atoms with Crippen LogP contribution < -0.4 is 15.4 Å². The minimum atomic E-state index is 0.812. The molecule has 6 heteroatoms. The second-order valence-electron chi connectivity index (χ2n) is 6.21. The fraction of sp³-hybridized carbons (Fsp3) is 0.474. The molecule has 0 bridgehead atoms. The van der Waals surface area contributed by atoms with Gasteiger partial charge in [0.1, 0.15) is 5.75 Å². The predicted octanol–water partition coefficient (Wildman–Crippen LogP) is 2.65. The summed E-state index contributed by atoms with van der Waals surface area (Å²) in [4.78, 5) is 10.1. The summed E-state index contributed by atoms with van der Waals surface area (Å²) < 4.78 is 5.56. The largest absolute Gasteiger partial charge is 0.493 e. The Labute approximate surface area is 153 Å². The normalized spacial score (nSPS) is 13.5. The molecule has 0 fully saturated rings. The average Bonchev–Trinajstić information content (AvgIpc) is 3.19. The average molecular weight is 359 g/mol. The number of thiazole rings is 1. The van der Waals surface area contributed by atoms with Crippen molar-refractivity contribution in [2.45, 2.75) is 33.1 Å². The zero-order valence-electron chi connectivity index (χ0n) is 15.2. The van der Waals surface area contributed by atoms with E-state index < -0.39 is 0 Å². The number of hydrogen-bond acceptors (Lipinski definition) is 4. The molecule has 1 aliphatic heterocycles. The molecule has 134 valence electrons. The van der Waals surface area contributed by atoms with Gasteiger partial charge in [-0.05, 0) is 37.5 Å². The molecule has 1 aromatic carbocycles. The first-order chi connectivity index (χ1) is 12.2. The molecule has 0 aliphatic carbocycles. The molecular weight excluding hydrogens is 332 g/mol. The van der Waals surface area contributed by atoms with E-state index in [1.54, 1.807) is 11.3 Å². The number of guanidine groups is 1. The molecule has 5 nitrogen and oxygen atoms in total. The minimum Gasteiger partial charge on any atom is -0.493 e. The van der Waals surface area contributed by atoms with Gasteiger partial charge in [0, 0.05) is 37.9 Å². The number of rotatable bonds is 6. The molecule has 0 atom stereocenters. The smallest absolute Gasteiger partial charge is 0.190 e. The molecule has 0 amide bonds. The van der Waals surface area contributed by atoms with Crippen molar-refractivity contribution in [3.8, 4) is 5.75 Å². The molecule has 2 heterocycles. The number of fused-ring (bicyclic) bond motifs is 1. The van der Waals surface area contributed by atoms with Crippen LogP contribution in [0.4, 0.5) is 0 Å². The van der Waals surface area contributed by atoms with E-state index in [-0.39, 0.29) is 0 Å². The van der Waals surface area contributed by atoms with Crippen LogP contribution in [-0.2, 0) is 19.3 Å². The first kappa shape index (κ1) is 17.7. The molecule has 1 aromatic heterocycles. The van der Waals surface area contributed by atoms with Gasteiger partial charge in [-0.1, -0.05) is 12.1 Å². The van der Waals surface area contributed by atoms with E-state index in [0.717, 1.165) is 61.4 Å². The van der Waals surface area contributed by atoms with E-state index in [1.165, 1.54) is 16.0 Å². The molecule has 0 spiro atoms. The first-order valence-electron chi connectivity index (χ1n) is 8.77. The van der Waals surface area contributed by atoms with Crippen molar-refractivity contribution in [3.05, 3.63) is 44.9 Å². The zero-order chi connectivity index (χ0) is 17.6. The fourth-order valence-corrected chi connectivity index (χ4v) is 3.98. The third kappa shape index (κ3) is 4.72. The maximum atomic E-state index is 5.56. The van der Waals surface area contributed by atoms with Gasteiger partial charge in [0.05, 0.1) is 17.3 Å². The van der Waals surface area contributed by atoms with Crippen LogP contribution in [0.1, 0.15) is 26.7 Å². The van der Waals surface area contributed by atoms with Gasteiger partial charge in [-0.2, -0.15) is 0 Å². The standard InChI is InChI=1S/C19H26N4OS/c1-13-18(25-14(2)23-13)7-10-22-19(20-3)21-9-6-15-4-5-17-16(12-15)8-11-24-17/h4-5,12H,6-11H2,1-3H3,(H2,20,21,22). The third-order valence-corrected chi connectivity index (χ3v) is 5.46. The van der Waals surface area contributed by atoms with Crippen molar-refractivity contribution in [3.63, 3.8) is 0 Å². The maximum Gasteiger partial charge on any atom is 0.190 e. The summed E-state index contributed by atoms with van der Waals surface area (Å²) in [7, 11) is 1.81. The van der Waals surface area contributed by atoms with E-state index in [4.69, 9.17) is 4.74 Å². The van der Waals surface area contributed by atoms with E-state index in [9.17, 15) is 0 Å². The van der Waals surface area contributed by atoms with E-state index in [1.807, 2.05) is 7.05 Å². The van der Waals surface area contributed by atoms with Crippen molar-refractivity contribution in [1.82, 2.24) is 15.6 Å².